The van der Waals surface area contributed by atoms with E-state index in [1.807, 2.05) is 6.92 Å². The second kappa shape index (κ2) is 6.76. The highest BCUT2D eigenvalue weighted by molar-refractivity contribution is 5.72. The zero-order valence-corrected chi connectivity index (χ0v) is 9.93. The Morgan fingerprint density at radius 2 is 1.88 bits per heavy atom. The van der Waals surface area contributed by atoms with E-state index in [0.717, 1.165) is 6.42 Å². The fourth-order valence-corrected chi connectivity index (χ4v) is 1.26. The molecule has 96 valence electrons. The van der Waals surface area contributed by atoms with E-state index in [0.29, 0.717) is 6.42 Å². The van der Waals surface area contributed by atoms with Crippen LogP contribution in [0.25, 0.3) is 0 Å². The fourth-order valence-electron chi connectivity index (χ4n) is 1.26. The molecule has 0 aromatic rings. The van der Waals surface area contributed by atoms with E-state index in [1.54, 1.807) is 13.8 Å². The molecule has 0 spiro atoms. The van der Waals surface area contributed by atoms with Crippen molar-refractivity contribution in [2.24, 2.45) is 11.8 Å². The lowest BCUT2D eigenvalue weighted by Crippen LogP contribution is -2.28. The topological polar surface area (TPSA) is 26.3 Å². The maximum Gasteiger partial charge on any atom is 0.389 e. The molecule has 16 heavy (non-hydrogen) atoms. The van der Waals surface area contributed by atoms with Crippen LogP contribution in [0.5, 0.6) is 0 Å². The molecule has 0 saturated heterocycles. The van der Waals surface area contributed by atoms with E-state index < -0.39 is 24.5 Å². The Kier molecular flexibility index (Phi) is 6.45. The van der Waals surface area contributed by atoms with Crippen LogP contribution >= 0.6 is 0 Å². The van der Waals surface area contributed by atoms with Gasteiger partial charge in [0.05, 0.1) is 18.9 Å². The largest absolute Gasteiger partial charge is 0.465 e. The Hall–Kier alpha value is -0.740. The van der Waals surface area contributed by atoms with E-state index in [1.165, 1.54) is 0 Å². The Morgan fingerprint density at radius 1 is 1.31 bits per heavy atom. The van der Waals surface area contributed by atoms with Crippen LogP contribution in [0.1, 0.15) is 40.0 Å². The summed E-state index contributed by atoms with van der Waals surface area (Å²) >= 11 is 0. The van der Waals surface area contributed by atoms with E-state index in [-0.39, 0.29) is 12.5 Å². The number of hydrogen-bond donors (Lipinski definition) is 0. The first kappa shape index (κ1) is 15.3. The van der Waals surface area contributed by atoms with E-state index >= 15 is 0 Å². The van der Waals surface area contributed by atoms with Crippen molar-refractivity contribution in [1.29, 1.82) is 0 Å². The predicted molar refractivity (Wildman–Crippen MR) is 54.9 cm³/mol. The third-order valence-electron chi connectivity index (χ3n) is 2.30. The standard InChI is InChI=1S/C11H19F3O2/c1-4-5-6-16-10(15)9(8(2)3)7-11(12,13)14/h8-9H,4-7H2,1-3H3. The molecular formula is C11H19F3O2. The molecule has 2 nitrogen and oxygen atoms in total. The molecule has 0 amide bonds. The number of halogens is 3. The average Bonchev–Trinajstić information content (AvgIpc) is 2.12. The van der Waals surface area contributed by atoms with Crippen molar-refractivity contribution < 1.29 is 22.7 Å². The Bertz CT molecular complexity index is 212. The van der Waals surface area contributed by atoms with Gasteiger partial charge in [0.25, 0.3) is 0 Å². The first-order valence-electron chi connectivity index (χ1n) is 5.51. The average molecular weight is 240 g/mol. The van der Waals surface area contributed by atoms with Crippen molar-refractivity contribution in [3.05, 3.63) is 0 Å². The lowest BCUT2D eigenvalue weighted by atomic mass is 9.92. The SMILES string of the molecule is CCCCOC(=O)C(CC(F)(F)F)C(C)C. The van der Waals surface area contributed by atoms with Crippen molar-refractivity contribution in [2.75, 3.05) is 6.61 Å². The van der Waals surface area contributed by atoms with Crippen LogP contribution in [-0.2, 0) is 9.53 Å². The van der Waals surface area contributed by atoms with Crippen molar-refractivity contribution in [3.8, 4) is 0 Å². The molecule has 0 heterocycles. The molecule has 0 fully saturated rings. The first-order valence-corrected chi connectivity index (χ1v) is 5.51. The van der Waals surface area contributed by atoms with Gasteiger partial charge in [0.15, 0.2) is 0 Å². The van der Waals surface area contributed by atoms with E-state index in [2.05, 4.69) is 0 Å². The summed E-state index contributed by atoms with van der Waals surface area (Å²) in [6, 6.07) is 0. The minimum Gasteiger partial charge on any atom is -0.465 e. The molecule has 1 unspecified atom stereocenters. The Balaban J connectivity index is 4.25. The fraction of sp³-hybridized carbons (Fsp3) is 0.909. The van der Waals surface area contributed by atoms with Gasteiger partial charge in [-0.1, -0.05) is 27.2 Å². The number of rotatable bonds is 6. The van der Waals surface area contributed by atoms with Crippen LogP contribution in [0, 0.1) is 11.8 Å². The maximum absolute atomic E-state index is 12.2. The molecule has 0 aliphatic carbocycles. The first-order chi connectivity index (χ1) is 7.28. The van der Waals surface area contributed by atoms with Gasteiger partial charge in [0.1, 0.15) is 0 Å². The van der Waals surface area contributed by atoms with Crippen LogP contribution < -0.4 is 0 Å². The third-order valence-corrected chi connectivity index (χ3v) is 2.30. The molecule has 0 saturated carbocycles. The normalized spacial score (nSPS) is 13.9. The molecular weight excluding hydrogens is 221 g/mol. The van der Waals surface area contributed by atoms with Gasteiger partial charge in [-0.15, -0.1) is 0 Å². The minimum atomic E-state index is -4.32. The highest BCUT2D eigenvalue weighted by Crippen LogP contribution is 2.29. The van der Waals surface area contributed by atoms with Crippen molar-refractivity contribution in [1.82, 2.24) is 0 Å². The van der Waals surface area contributed by atoms with Crippen LogP contribution in [0.4, 0.5) is 13.2 Å². The summed E-state index contributed by atoms with van der Waals surface area (Å²) in [6.45, 7) is 5.31. The molecule has 0 aromatic heterocycles. The quantitative estimate of drug-likeness (QED) is 0.524. The third kappa shape index (κ3) is 6.69. The number of carbonyl (C=O) groups excluding carboxylic acids is 1. The molecule has 0 aromatic carbocycles. The summed E-state index contributed by atoms with van der Waals surface area (Å²) in [5.74, 6) is -2.19. The van der Waals surface area contributed by atoms with Crippen molar-refractivity contribution >= 4 is 5.97 Å². The summed E-state index contributed by atoms with van der Waals surface area (Å²) in [5, 5.41) is 0. The number of esters is 1. The molecule has 1 atom stereocenters. The second-order valence-corrected chi connectivity index (χ2v) is 4.19. The molecule has 0 N–H and O–H groups in total. The maximum atomic E-state index is 12.2. The zero-order valence-electron chi connectivity index (χ0n) is 9.93. The summed E-state index contributed by atoms with van der Waals surface area (Å²) in [7, 11) is 0. The van der Waals surface area contributed by atoms with E-state index in [4.69, 9.17) is 4.74 Å². The Labute approximate surface area is 94.2 Å². The number of unbranched alkanes of at least 4 members (excludes halogenated alkanes) is 1. The smallest absolute Gasteiger partial charge is 0.389 e. The Morgan fingerprint density at radius 3 is 2.25 bits per heavy atom. The lowest BCUT2D eigenvalue weighted by Gasteiger charge is -2.20. The predicted octanol–water partition coefficient (Wildman–Crippen LogP) is 3.55. The number of ether oxygens (including phenoxy) is 1. The van der Waals surface area contributed by atoms with Gasteiger partial charge in [0.2, 0.25) is 0 Å². The second-order valence-electron chi connectivity index (χ2n) is 4.19. The summed E-state index contributed by atoms with van der Waals surface area (Å²) in [5.41, 5.74) is 0. The van der Waals surface area contributed by atoms with Crippen LogP contribution in [0.2, 0.25) is 0 Å². The number of alkyl halides is 3. The minimum absolute atomic E-state index is 0.205. The van der Waals surface area contributed by atoms with E-state index in [9.17, 15) is 18.0 Å². The lowest BCUT2D eigenvalue weighted by molar-refractivity contribution is -0.171. The van der Waals surface area contributed by atoms with Gasteiger partial charge in [-0.25, -0.2) is 0 Å². The van der Waals surface area contributed by atoms with Crippen LogP contribution in [-0.4, -0.2) is 18.8 Å². The number of carbonyl (C=O) groups is 1. The highest BCUT2D eigenvalue weighted by Gasteiger charge is 2.37. The van der Waals surface area contributed by atoms with Gasteiger partial charge >= 0.3 is 12.1 Å². The molecule has 0 rings (SSSR count). The van der Waals surface area contributed by atoms with Gasteiger partial charge in [0, 0.05) is 0 Å². The molecule has 0 aliphatic heterocycles. The molecule has 0 radical (unpaired) electrons. The summed E-state index contributed by atoms with van der Waals surface area (Å²) < 4.78 is 41.4. The van der Waals surface area contributed by atoms with Crippen molar-refractivity contribution in [2.45, 2.75) is 46.2 Å². The summed E-state index contributed by atoms with van der Waals surface area (Å²) in [6.07, 6.45) is -3.89. The molecule has 0 aliphatic rings. The van der Waals surface area contributed by atoms with Gasteiger partial charge in [-0.05, 0) is 12.3 Å². The van der Waals surface area contributed by atoms with Gasteiger partial charge in [-0.2, -0.15) is 13.2 Å². The zero-order chi connectivity index (χ0) is 12.8. The number of hydrogen-bond acceptors (Lipinski definition) is 2. The van der Waals surface area contributed by atoms with Gasteiger partial charge in [-0.3, -0.25) is 4.79 Å². The summed E-state index contributed by atoms with van der Waals surface area (Å²) in [4.78, 5) is 11.4. The van der Waals surface area contributed by atoms with Crippen LogP contribution in [0.3, 0.4) is 0 Å². The molecule has 5 heteroatoms. The molecule has 0 bridgehead atoms. The highest BCUT2D eigenvalue weighted by atomic mass is 19.4. The van der Waals surface area contributed by atoms with Crippen molar-refractivity contribution in [3.63, 3.8) is 0 Å². The van der Waals surface area contributed by atoms with Gasteiger partial charge < -0.3 is 4.74 Å². The van der Waals surface area contributed by atoms with Crippen LogP contribution in [0.15, 0.2) is 0 Å². The monoisotopic (exact) mass is 240 g/mol.